The number of nitrogen functional groups attached to an aromatic ring is 1. The van der Waals surface area contributed by atoms with Crippen LogP contribution in [0.2, 0.25) is 0 Å². The Labute approximate surface area is 148 Å². The molecule has 0 fully saturated rings. The SMILES string of the molecule is CCCc1nc2c(N)nc(C)c(C)c2n1CCOCc1ccccc1. The molecule has 0 saturated carbocycles. The third kappa shape index (κ3) is 3.66. The van der Waals surface area contributed by atoms with Crippen molar-refractivity contribution in [3.05, 3.63) is 53.0 Å². The standard InChI is InChI=1S/C20H26N4O/c1-4-8-17-23-18-19(14(2)15(3)22-20(18)21)24(17)11-12-25-13-16-9-6-5-7-10-16/h5-7,9-10H,4,8,11-13H2,1-3H3,(H2,21,22). The molecule has 2 heterocycles. The Morgan fingerprint density at radius 3 is 2.60 bits per heavy atom. The summed E-state index contributed by atoms with van der Waals surface area (Å²) in [5.41, 5.74) is 11.3. The van der Waals surface area contributed by atoms with Gasteiger partial charge in [0.1, 0.15) is 11.3 Å². The number of pyridine rings is 1. The largest absolute Gasteiger partial charge is 0.382 e. The van der Waals surface area contributed by atoms with Crippen LogP contribution < -0.4 is 5.73 Å². The lowest BCUT2D eigenvalue weighted by atomic mass is 10.2. The highest BCUT2D eigenvalue weighted by Gasteiger charge is 2.17. The smallest absolute Gasteiger partial charge is 0.151 e. The number of imidazole rings is 1. The van der Waals surface area contributed by atoms with E-state index in [-0.39, 0.29) is 0 Å². The van der Waals surface area contributed by atoms with Crippen molar-refractivity contribution in [2.45, 2.75) is 46.8 Å². The van der Waals surface area contributed by atoms with E-state index in [0.29, 0.717) is 19.0 Å². The number of aromatic nitrogens is 3. The molecule has 0 aliphatic heterocycles. The minimum Gasteiger partial charge on any atom is -0.382 e. The van der Waals surface area contributed by atoms with Gasteiger partial charge < -0.3 is 15.0 Å². The predicted octanol–water partition coefficient (Wildman–Crippen LogP) is 3.80. The van der Waals surface area contributed by atoms with Crippen LogP contribution in [0.4, 0.5) is 5.82 Å². The van der Waals surface area contributed by atoms with Crippen molar-refractivity contribution in [1.29, 1.82) is 0 Å². The van der Waals surface area contributed by atoms with Gasteiger partial charge in [-0.25, -0.2) is 9.97 Å². The quantitative estimate of drug-likeness (QED) is 0.666. The van der Waals surface area contributed by atoms with Gasteiger partial charge in [-0.05, 0) is 31.4 Å². The second-order valence-electron chi connectivity index (χ2n) is 6.37. The topological polar surface area (TPSA) is 66.0 Å². The van der Waals surface area contributed by atoms with Crippen LogP contribution in [0.3, 0.4) is 0 Å². The fraction of sp³-hybridized carbons (Fsp3) is 0.400. The molecule has 0 aliphatic carbocycles. The summed E-state index contributed by atoms with van der Waals surface area (Å²) < 4.78 is 8.13. The molecule has 0 unspecified atom stereocenters. The molecule has 0 atom stereocenters. The molecule has 0 bridgehead atoms. The second kappa shape index (κ2) is 7.66. The van der Waals surface area contributed by atoms with Crippen LogP contribution in [0.15, 0.2) is 30.3 Å². The molecule has 0 radical (unpaired) electrons. The first-order valence-corrected chi connectivity index (χ1v) is 8.85. The molecule has 5 nitrogen and oxygen atoms in total. The van der Waals surface area contributed by atoms with Crippen LogP contribution in [0.5, 0.6) is 0 Å². The Balaban J connectivity index is 1.82. The van der Waals surface area contributed by atoms with Crippen LogP contribution in [-0.2, 0) is 24.3 Å². The highest BCUT2D eigenvalue weighted by Crippen LogP contribution is 2.26. The lowest BCUT2D eigenvalue weighted by molar-refractivity contribution is 0.113. The summed E-state index contributed by atoms with van der Waals surface area (Å²) in [6.07, 6.45) is 1.96. The molecule has 0 aliphatic rings. The number of fused-ring (bicyclic) bond motifs is 1. The molecule has 0 saturated heterocycles. The van der Waals surface area contributed by atoms with Crippen molar-refractivity contribution in [1.82, 2.24) is 14.5 Å². The van der Waals surface area contributed by atoms with Gasteiger partial charge in [-0.1, -0.05) is 37.3 Å². The molecule has 25 heavy (non-hydrogen) atoms. The maximum atomic E-state index is 6.12. The number of aryl methyl sites for hydroxylation is 3. The molecular formula is C20H26N4O. The van der Waals surface area contributed by atoms with Crippen LogP contribution in [-0.4, -0.2) is 21.1 Å². The van der Waals surface area contributed by atoms with Gasteiger partial charge in [0, 0.05) is 18.7 Å². The van der Waals surface area contributed by atoms with Gasteiger partial charge in [0.05, 0.1) is 18.7 Å². The van der Waals surface area contributed by atoms with Crippen molar-refractivity contribution in [3.63, 3.8) is 0 Å². The average molecular weight is 338 g/mol. The third-order valence-corrected chi connectivity index (χ3v) is 4.52. The summed E-state index contributed by atoms with van der Waals surface area (Å²) >= 11 is 0. The summed E-state index contributed by atoms with van der Waals surface area (Å²) in [5.74, 6) is 1.57. The van der Waals surface area contributed by atoms with Gasteiger partial charge in [-0.2, -0.15) is 0 Å². The van der Waals surface area contributed by atoms with Gasteiger partial charge in [-0.3, -0.25) is 0 Å². The Hall–Kier alpha value is -2.40. The van der Waals surface area contributed by atoms with E-state index in [2.05, 4.69) is 35.5 Å². The summed E-state index contributed by atoms with van der Waals surface area (Å²) in [6, 6.07) is 10.2. The molecule has 2 aromatic heterocycles. The summed E-state index contributed by atoms with van der Waals surface area (Å²) in [4.78, 5) is 9.18. The summed E-state index contributed by atoms with van der Waals surface area (Å²) in [7, 11) is 0. The van der Waals surface area contributed by atoms with Crippen molar-refractivity contribution in [2.24, 2.45) is 0 Å². The highest BCUT2D eigenvalue weighted by molar-refractivity contribution is 5.88. The van der Waals surface area contributed by atoms with Crippen molar-refractivity contribution in [3.8, 4) is 0 Å². The number of nitrogens with two attached hydrogens (primary N) is 1. The van der Waals surface area contributed by atoms with E-state index in [0.717, 1.165) is 47.5 Å². The van der Waals surface area contributed by atoms with Gasteiger partial charge in [0.2, 0.25) is 0 Å². The fourth-order valence-corrected chi connectivity index (χ4v) is 3.12. The zero-order chi connectivity index (χ0) is 17.8. The number of hydrogen-bond acceptors (Lipinski definition) is 4. The Bertz CT molecular complexity index is 855. The van der Waals surface area contributed by atoms with Gasteiger partial charge in [0.15, 0.2) is 5.82 Å². The summed E-state index contributed by atoms with van der Waals surface area (Å²) in [5, 5.41) is 0. The fourth-order valence-electron chi connectivity index (χ4n) is 3.12. The monoisotopic (exact) mass is 338 g/mol. The number of anilines is 1. The minimum absolute atomic E-state index is 0.513. The molecule has 3 aromatic rings. The van der Waals surface area contributed by atoms with Crippen molar-refractivity contribution < 1.29 is 4.74 Å². The summed E-state index contributed by atoms with van der Waals surface area (Å²) in [6.45, 7) is 8.27. The van der Waals surface area contributed by atoms with Crippen LogP contribution in [0, 0.1) is 13.8 Å². The first kappa shape index (κ1) is 17.4. The Kier molecular flexibility index (Phi) is 5.34. The molecule has 0 spiro atoms. The Morgan fingerprint density at radius 1 is 1.12 bits per heavy atom. The van der Waals surface area contributed by atoms with Crippen molar-refractivity contribution >= 4 is 16.9 Å². The zero-order valence-electron chi connectivity index (χ0n) is 15.2. The molecular weight excluding hydrogens is 312 g/mol. The number of hydrogen-bond donors (Lipinski definition) is 1. The van der Waals surface area contributed by atoms with Crippen LogP contribution >= 0.6 is 0 Å². The van der Waals surface area contributed by atoms with E-state index in [4.69, 9.17) is 15.5 Å². The third-order valence-electron chi connectivity index (χ3n) is 4.52. The first-order chi connectivity index (χ1) is 12.1. The zero-order valence-corrected chi connectivity index (χ0v) is 15.2. The van der Waals surface area contributed by atoms with E-state index >= 15 is 0 Å². The lowest BCUT2D eigenvalue weighted by Gasteiger charge is -2.12. The average Bonchev–Trinajstić information content (AvgIpc) is 2.97. The van der Waals surface area contributed by atoms with Crippen LogP contribution in [0.1, 0.15) is 36.0 Å². The van der Waals surface area contributed by atoms with Crippen molar-refractivity contribution in [2.75, 3.05) is 12.3 Å². The van der Waals surface area contributed by atoms with E-state index in [1.54, 1.807) is 0 Å². The van der Waals surface area contributed by atoms with Gasteiger partial charge in [0.25, 0.3) is 0 Å². The lowest BCUT2D eigenvalue weighted by Crippen LogP contribution is -2.10. The Morgan fingerprint density at radius 2 is 1.88 bits per heavy atom. The first-order valence-electron chi connectivity index (χ1n) is 8.85. The molecule has 3 rings (SSSR count). The number of rotatable bonds is 7. The minimum atomic E-state index is 0.513. The molecule has 132 valence electrons. The molecule has 5 heteroatoms. The van der Waals surface area contributed by atoms with E-state index in [9.17, 15) is 0 Å². The highest BCUT2D eigenvalue weighted by atomic mass is 16.5. The second-order valence-corrected chi connectivity index (χ2v) is 6.37. The number of benzene rings is 1. The maximum absolute atomic E-state index is 6.12. The van der Waals surface area contributed by atoms with E-state index in [1.165, 1.54) is 5.56 Å². The van der Waals surface area contributed by atoms with E-state index < -0.39 is 0 Å². The predicted molar refractivity (Wildman–Crippen MR) is 102 cm³/mol. The normalized spacial score (nSPS) is 11.3. The molecule has 1 aromatic carbocycles. The molecule has 2 N–H and O–H groups in total. The van der Waals surface area contributed by atoms with E-state index in [1.807, 2.05) is 25.1 Å². The maximum Gasteiger partial charge on any atom is 0.151 e. The number of nitrogens with zero attached hydrogens (tertiary/aromatic N) is 3. The van der Waals surface area contributed by atoms with Crippen LogP contribution in [0.25, 0.3) is 11.0 Å². The number of ether oxygens (including phenoxy) is 1. The van der Waals surface area contributed by atoms with Gasteiger partial charge in [-0.15, -0.1) is 0 Å². The van der Waals surface area contributed by atoms with Gasteiger partial charge >= 0.3 is 0 Å². The molecule has 0 amide bonds.